The van der Waals surface area contributed by atoms with E-state index in [1.807, 2.05) is 12.1 Å². The van der Waals surface area contributed by atoms with Crippen molar-refractivity contribution < 1.29 is 23.8 Å². The van der Waals surface area contributed by atoms with Crippen LogP contribution in [0.4, 0.5) is 0 Å². The van der Waals surface area contributed by atoms with Crippen LogP contribution in [0, 0.1) is 0 Å². The number of hydrogen-bond acceptors (Lipinski definition) is 6. The molecule has 0 unspecified atom stereocenters. The third-order valence-corrected chi connectivity index (χ3v) is 2.74. The summed E-state index contributed by atoms with van der Waals surface area (Å²) in [6.07, 6.45) is -0.498. The molecular weight excluding hydrogens is 262 g/mol. The van der Waals surface area contributed by atoms with E-state index < -0.39 is 12.3 Å². The predicted molar refractivity (Wildman–Crippen MR) is 71.3 cm³/mol. The van der Waals surface area contributed by atoms with Gasteiger partial charge in [0.05, 0.1) is 19.8 Å². The molecule has 0 aromatic heterocycles. The van der Waals surface area contributed by atoms with E-state index in [1.54, 1.807) is 19.1 Å². The van der Waals surface area contributed by atoms with Gasteiger partial charge >= 0.3 is 5.97 Å². The van der Waals surface area contributed by atoms with Crippen LogP contribution in [-0.4, -0.2) is 38.6 Å². The van der Waals surface area contributed by atoms with Crippen LogP contribution in [0.3, 0.4) is 0 Å². The van der Waals surface area contributed by atoms with Crippen LogP contribution in [0.2, 0.25) is 0 Å². The average molecular weight is 279 g/mol. The van der Waals surface area contributed by atoms with Crippen LogP contribution in [0.15, 0.2) is 29.4 Å². The normalized spacial score (nSPS) is 16.2. The Kier molecular flexibility index (Phi) is 5.09. The maximum absolute atomic E-state index is 12.0. The number of rotatable bonds is 5. The molecule has 108 valence electrons. The first-order valence-corrected chi connectivity index (χ1v) is 6.38. The van der Waals surface area contributed by atoms with Crippen molar-refractivity contribution in [3.8, 4) is 0 Å². The highest BCUT2D eigenvalue weighted by atomic mass is 16.7. The second-order valence-corrected chi connectivity index (χ2v) is 4.00. The first kappa shape index (κ1) is 14.5. The zero-order valence-electron chi connectivity index (χ0n) is 11.5. The molecule has 1 heterocycles. The summed E-state index contributed by atoms with van der Waals surface area (Å²) in [5.74, 6) is -0.542. The van der Waals surface area contributed by atoms with Gasteiger partial charge in [0.2, 0.25) is 0 Å². The number of benzene rings is 1. The monoisotopic (exact) mass is 279 g/mol. The summed E-state index contributed by atoms with van der Waals surface area (Å²) in [7, 11) is 1.38. The van der Waals surface area contributed by atoms with Crippen LogP contribution in [-0.2, 0) is 23.8 Å². The zero-order chi connectivity index (χ0) is 14.4. The Balaban J connectivity index is 2.38. The van der Waals surface area contributed by atoms with E-state index in [2.05, 4.69) is 5.16 Å². The predicted octanol–water partition coefficient (Wildman–Crippen LogP) is 1.65. The number of carbonyl (C=O) groups excluding carboxylic acids is 1. The van der Waals surface area contributed by atoms with E-state index in [0.29, 0.717) is 18.8 Å². The molecule has 0 aliphatic carbocycles. The molecule has 20 heavy (non-hydrogen) atoms. The topological polar surface area (TPSA) is 66.4 Å². The second-order valence-electron chi connectivity index (χ2n) is 4.00. The molecule has 1 aliphatic rings. The van der Waals surface area contributed by atoms with E-state index in [9.17, 15) is 4.79 Å². The van der Waals surface area contributed by atoms with Crippen LogP contribution < -0.4 is 0 Å². The Labute approximate surface area is 117 Å². The number of hydrogen-bond donors (Lipinski definition) is 0. The summed E-state index contributed by atoms with van der Waals surface area (Å²) in [5, 5.41) is 3.78. The van der Waals surface area contributed by atoms with Gasteiger partial charge in [-0.2, -0.15) is 0 Å². The molecule has 1 aromatic rings. The lowest BCUT2D eigenvalue weighted by Gasteiger charge is -2.14. The number of ether oxygens (including phenoxy) is 3. The maximum atomic E-state index is 12.0. The van der Waals surface area contributed by atoms with Crippen molar-refractivity contribution in [2.75, 3.05) is 26.9 Å². The van der Waals surface area contributed by atoms with Crippen LogP contribution in [0.25, 0.3) is 0 Å². The summed E-state index contributed by atoms with van der Waals surface area (Å²) in [5.41, 5.74) is 1.41. The largest absolute Gasteiger partial charge is 0.461 e. The molecule has 1 aromatic carbocycles. The highest BCUT2D eigenvalue weighted by molar-refractivity contribution is 6.43. The minimum Gasteiger partial charge on any atom is -0.461 e. The van der Waals surface area contributed by atoms with Gasteiger partial charge in [0, 0.05) is 11.1 Å². The van der Waals surface area contributed by atoms with E-state index in [1.165, 1.54) is 7.11 Å². The first-order valence-electron chi connectivity index (χ1n) is 6.38. The Morgan fingerprint density at radius 1 is 1.35 bits per heavy atom. The molecule has 2 rings (SSSR count). The lowest BCUT2D eigenvalue weighted by Crippen LogP contribution is -2.21. The molecule has 0 saturated carbocycles. The van der Waals surface area contributed by atoms with Gasteiger partial charge in [0.1, 0.15) is 7.11 Å². The SMILES string of the molecule is CCOC(=O)C(=NOC)c1ccccc1C1OCCO1. The number of nitrogens with zero attached hydrogens (tertiary/aromatic N) is 1. The third kappa shape index (κ3) is 3.15. The molecule has 6 nitrogen and oxygen atoms in total. The summed E-state index contributed by atoms with van der Waals surface area (Å²) >= 11 is 0. The van der Waals surface area contributed by atoms with Crippen molar-refractivity contribution in [1.82, 2.24) is 0 Å². The molecule has 0 radical (unpaired) electrons. The van der Waals surface area contributed by atoms with Crippen molar-refractivity contribution in [2.24, 2.45) is 5.16 Å². The van der Waals surface area contributed by atoms with Gasteiger partial charge in [-0.05, 0) is 6.92 Å². The van der Waals surface area contributed by atoms with E-state index >= 15 is 0 Å². The summed E-state index contributed by atoms with van der Waals surface area (Å²) in [6, 6.07) is 7.24. The number of esters is 1. The average Bonchev–Trinajstić information content (AvgIpc) is 2.99. The van der Waals surface area contributed by atoms with Crippen molar-refractivity contribution in [1.29, 1.82) is 0 Å². The van der Waals surface area contributed by atoms with E-state index in [-0.39, 0.29) is 12.3 Å². The zero-order valence-corrected chi connectivity index (χ0v) is 11.5. The molecule has 0 bridgehead atoms. The summed E-state index contributed by atoms with van der Waals surface area (Å²) in [6.45, 7) is 3.04. The lowest BCUT2D eigenvalue weighted by atomic mass is 10.0. The van der Waals surface area contributed by atoms with Gasteiger partial charge in [-0.1, -0.05) is 29.4 Å². The lowest BCUT2D eigenvalue weighted by molar-refractivity contribution is -0.135. The Hall–Kier alpha value is -1.92. The fraction of sp³-hybridized carbons (Fsp3) is 0.429. The van der Waals surface area contributed by atoms with Crippen LogP contribution >= 0.6 is 0 Å². The van der Waals surface area contributed by atoms with Crippen molar-refractivity contribution >= 4 is 11.7 Å². The minimum absolute atomic E-state index is 0.101. The Morgan fingerprint density at radius 3 is 2.70 bits per heavy atom. The molecule has 0 N–H and O–H groups in total. The third-order valence-electron chi connectivity index (χ3n) is 2.74. The highest BCUT2D eigenvalue weighted by Gasteiger charge is 2.26. The molecule has 1 fully saturated rings. The van der Waals surface area contributed by atoms with Gasteiger partial charge in [0.15, 0.2) is 12.0 Å². The number of oxime groups is 1. The molecule has 0 spiro atoms. The van der Waals surface area contributed by atoms with Crippen molar-refractivity contribution in [2.45, 2.75) is 13.2 Å². The highest BCUT2D eigenvalue weighted by Crippen LogP contribution is 2.27. The maximum Gasteiger partial charge on any atom is 0.361 e. The van der Waals surface area contributed by atoms with Gasteiger partial charge < -0.3 is 19.0 Å². The molecule has 0 amide bonds. The molecular formula is C14H17NO5. The quantitative estimate of drug-likeness (QED) is 0.466. The van der Waals surface area contributed by atoms with E-state index in [4.69, 9.17) is 19.0 Å². The number of carbonyl (C=O) groups is 1. The molecule has 0 atom stereocenters. The first-order chi connectivity index (χ1) is 9.77. The van der Waals surface area contributed by atoms with Crippen LogP contribution in [0.1, 0.15) is 24.3 Å². The molecule has 1 aliphatic heterocycles. The Morgan fingerprint density at radius 2 is 2.05 bits per heavy atom. The minimum atomic E-state index is -0.542. The van der Waals surface area contributed by atoms with E-state index in [0.717, 1.165) is 5.56 Å². The molecule has 1 saturated heterocycles. The summed E-state index contributed by atoms with van der Waals surface area (Å²) in [4.78, 5) is 16.7. The van der Waals surface area contributed by atoms with Crippen LogP contribution in [0.5, 0.6) is 0 Å². The second kappa shape index (κ2) is 7.02. The van der Waals surface area contributed by atoms with Crippen molar-refractivity contribution in [3.63, 3.8) is 0 Å². The van der Waals surface area contributed by atoms with Crippen molar-refractivity contribution in [3.05, 3.63) is 35.4 Å². The fourth-order valence-corrected chi connectivity index (χ4v) is 1.94. The fourth-order valence-electron chi connectivity index (χ4n) is 1.94. The Bertz CT molecular complexity index is 494. The van der Waals surface area contributed by atoms with Gasteiger partial charge in [-0.3, -0.25) is 0 Å². The van der Waals surface area contributed by atoms with Gasteiger partial charge in [-0.25, -0.2) is 4.79 Å². The summed E-state index contributed by atoms with van der Waals surface area (Å²) < 4.78 is 16.0. The van der Waals surface area contributed by atoms with Gasteiger partial charge in [-0.15, -0.1) is 0 Å². The van der Waals surface area contributed by atoms with Gasteiger partial charge in [0.25, 0.3) is 0 Å². The standard InChI is InChI=1S/C14H17NO5/c1-3-18-13(16)12(15-17-2)10-6-4-5-7-11(10)14-19-8-9-20-14/h4-7,14H,3,8-9H2,1-2H3. The molecule has 6 heteroatoms. The smallest absolute Gasteiger partial charge is 0.361 e.